The Labute approximate surface area is 220 Å². The maximum absolute atomic E-state index is 8.63. The number of alkyl halides is 5. The van der Waals surface area contributed by atoms with Crippen LogP contribution in [0.5, 0.6) is 5.75 Å². The molecular weight excluding hydrogens is 864 g/mol. The fraction of sp³-hybridized carbons (Fsp3) is 0.250. The van der Waals surface area contributed by atoms with Gasteiger partial charge in [-0.3, -0.25) is 0 Å². The van der Waals surface area contributed by atoms with Gasteiger partial charge < -0.3 is 5.11 Å². The first-order chi connectivity index (χ1) is 9.93. The Kier molecular flexibility index (Phi) is 45.7. The van der Waals surface area contributed by atoms with Crippen molar-refractivity contribution in [3.8, 4) is 5.75 Å². The van der Waals surface area contributed by atoms with Crippen LogP contribution >= 0.6 is 113 Å². The van der Waals surface area contributed by atoms with E-state index in [9.17, 15) is 0 Å². The molecule has 2 aromatic carbocycles. The van der Waals surface area contributed by atoms with Crippen LogP contribution in [0.1, 0.15) is 13.0 Å². The largest absolute Gasteiger partial charge is 0.508 e. The maximum Gasteiger partial charge on any atom is 0.115 e. The van der Waals surface area contributed by atoms with Crippen molar-refractivity contribution in [3.05, 3.63) is 66.2 Å². The van der Waals surface area contributed by atoms with E-state index in [-0.39, 0.29) is 24.3 Å². The van der Waals surface area contributed by atoms with Gasteiger partial charge in [0.15, 0.2) is 0 Å². The second kappa shape index (κ2) is 29.8. The molecule has 0 heterocycles. The van der Waals surface area contributed by atoms with Gasteiger partial charge in [-0.15, -0.1) is 0 Å². The molecule has 132 valence electrons. The number of phenolic OH excluding ortho intramolecular Hbond substituents is 1. The van der Waals surface area contributed by atoms with Gasteiger partial charge in [-0.1, -0.05) is 174 Å². The van der Waals surface area contributed by atoms with Crippen LogP contribution in [0.4, 0.5) is 0 Å². The molecule has 1 nitrogen and oxygen atoms in total. The highest BCUT2D eigenvalue weighted by Gasteiger charge is 1.76. The highest BCUT2D eigenvalue weighted by atomic mass is 127. The molecule has 1 N–H and O–H groups in total. The van der Waals surface area contributed by atoms with Crippen molar-refractivity contribution >= 4 is 130 Å². The maximum atomic E-state index is 8.63. The minimum absolute atomic E-state index is 0. The first kappa shape index (κ1) is 36.9. The summed E-state index contributed by atoms with van der Waals surface area (Å²) in [5, 5.41) is 8.63. The van der Waals surface area contributed by atoms with Crippen LogP contribution in [0.15, 0.2) is 60.7 Å². The number of phenols is 1. The van der Waals surface area contributed by atoms with Crippen molar-refractivity contribution < 1.29 is 5.11 Å². The zero-order valence-corrected chi connectivity index (χ0v) is 23.3. The molecule has 0 fully saturated rings. The third kappa shape index (κ3) is 39.2. The molecule has 0 atom stereocenters. The van der Waals surface area contributed by atoms with Gasteiger partial charge in [-0.05, 0) is 19.1 Å². The summed E-state index contributed by atoms with van der Waals surface area (Å²) in [7, 11) is 0. The molecule has 2 aromatic rings. The van der Waals surface area contributed by atoms with Crippen molar-refractivity contribution in [2.75, 3.05) is 2.43 Å². The minimum Gasteiger partial charge on any atom is -0.508 e. The van der Waals surface area contributed by atoms with Gasteiger partial charge in [0.25, 0.3) is 0 Å². The lowest BCUT2D eigenvalue weighted by atomic mass is 10.2. The van der Waals surface area contributed by atoms with Crippen molar-refractivity contribution in [1.29, 1.82) is 0 Å². The molecule has 0 aliphatic heterocycles. The Hall–Kier alpha value is 2.02. The molecule has 0 aromatic heterocycles. The molecule has 0 aliphatic rings. The van der Waals surface area contributed by atoms with Crippen LogP contribution in [0.3, 0.4) is 0 Å². The predicted molar refractivity (Wildman–Crippen MR) is 156 cm³/mol. The van der Waals surface area contributed by atoms with Crippen LogP contribution in [0, 0.1) is 6.92 Å². The van der Waals surface area contributed by atoms with Crippen molar-refractivity contribution in [1.82, 2.24) is 0 Å². The van der Waals surface area contributed by atoms with E-state index in [0.717, 1.165) is -0.0619 Å². The van der Waals surface area contributed by atoms with Gasteiger partial charge in [0.1, 0.15) is 5.69 Å². The fourth-order valence-corrected chi connectivity index (χ4v) is 0.962. The second-order valence-electron chi connectivity index (χ2n) is 3.34. The molecule has 0 aliphatic carbocycles. The summed E-state index contributed by atoms with van der Waals surface area (Å²) in [6, 6.07) is 19.0. The van der Waals surface area contributed by atoms with Crippen molar-refractivity contribution in [2.24, 2.45) is 0 Å². The fourth-order valence-electron chi connectivity index (χ4n) is 0.962. The molecule has 0 saturated carbocycles. The van der Waals surface area contributed by atoms with E-state index in [4.69, 9.17) is 5.11 Å². The Morgan fingerprint density at radius 1 is 0.792 bits per heavy atom. The topological polar surface area (TPSA) is 20.2 Å². The van der Waals surface area contributed by atoms with E-state index in [1.165, 1.54) is 8.00 Å². The second-order valence-corrected chi connectivity index (χ2v) is 18.7. The number of hydrogen-bond acceptors (Lipinski definition) is 1. The molecule has 2 rings (SSSR count). The smallest absolute Gasteiger partial charge is 0.115 e. The summed E-state index contributed by atoms with van der Waals surface area (Å²) in [5.74, 6) is 0.322. The average Bonchev–Trinajstić information content (AvgIpc) is 2.41. The van der Waals surface area contributed by atoms with E-state index in [2.05, 4.69) is 132 Å². The molecule has 0 saturated heterocycles. The quantitative estimate of drug-likeness (QED) is 0.164. The van der Waals surface area contributed by atoms with Crippen LogP contribution in [-0.2, 0) is 0 Å². The molecule has 0 unspecified atom stereocenters. The number of rotatable bonds is 0. The number of aromatic hydroxyl groups is 1. The van der Waals surface area contributed by atoms with Gasteiger partial charge in [0, 0.05) is 16.8 Å². The Bertz CT molecular complexity index is 379. The number of aryl methyl sites for hydroxylation is 1. The summed E-state index contributed by atoms with van der Waals surface area (Å²) in [4.78, 5) is 0. The van der Waals surface area contributed by atoms with Gasteiger partial charge in [-0.25, -0.2) is 0 Å². The van der Waals surface area contributed by atoms with E-state index >= 15 is 0 Å². The highest BCUT2D eigenvalue weighted by Crippen LogP contribution is 2.16. The molecule has 8 heteroatoms. The Morgan fingerprint density at radius 2 is 1.04 bits per heavy atom. The average molecular weight is 885 g/mol. The van der Waals surface area contributed by atoms with Crippen molar-refractivity contribution in [2.45, 2.75) is 14.3 Å². The monoisotopic (exact) mass is 886 g/mol. The summed E-state index contributed by atoms with van der Waals surface area (Å²) < 4.78 is 1.93. The van der Waals surface area contributed by atoms with E-state index in [1.807, 2.05) is 24.3 Å². The highest BCUT2D eigenvalue weighted by molar-refractivity contribution is 14.3. The molecule has 6 radical (unpaired) electrons. The minimum atomic E-state index is 0. The van der Waals surface area contributed by atoms with E-state index in [0.29, 0.717) is 5.75 Å². The molecule has 0 bridgehead atoms. The summed E-state index contributed by atoms with van der Waals surface area (Å²) in [5.41, 5.74) is 1.32. The van der Waals surface area contributed by atoms with Crippen LogP contribution in [0.25, 0.3) is 0 Å². The number of halogens is 5. The summed E-state index contributed by atoms with van der Waals surface area (Å²) >= 11 is 11.5. The molecular formula is C16H21B2I5O. The third-order valence-corrected chi connectivity index (χ3v) is 1.70. The SMILES string of the molecule is C.Cc1ccccc1.IC(I)I.ICI.Oc1ccccc1.[B].[B]. The van der Waals surface area contributed by atoms with Crippen LogP contribution in [0.2, 0.25) is 0 Å². The predicted octanol–water partition coefficient (Wildman–Crippen LogP) is 7.65. The Balaban J connectivity index is -0.0000000677. The molecule has 0 amide bonds. The lowest BCUT2D eigenvalue weighted by Crippen LogP contribution is -1.62. The lowest BCUT2D eigenvalue weighted by molar-refractivity contribution is 0.475. The first-order valence-corrected chi connectivity index (χ1v) is 12.5. The van der Waals surface area contributed by atoms with Crippen molar-refractivity contribution in [3.63, 3.8) is 0 Å². The van der Waals surface area contributed by atoms with Gasteiger partial charge in [0.05, 0.1) is 2.43 Å². The number of para-hydroxylation sites is 1. The zero-order chi connectivity index (χ0) is 16.5. The molecule has 24 heavy (non-hydrogen) atoms. The van der Waals surface area contributed by atoms with E-state index in [1.54, 1.807) is 24.3 Å². The van der Waals surface area contributed by atoms with Gasteiger partial charge in [0.2, 0.25) is 0 Å². The number of hydrogen-bond donors (Lipinski definition) is 1. The molecule has 0 spiro atoms. The Morgan fingerprint density at radius 3 is 1.17 bits per heavy atom. The van der Waals surface area contributed by atoms with Gasteiger partial charge >= 0.3 is 0 Å². The van der Waals surface area contributed by atoms with E-state index < -0.39 is 0 Å². The van der Waals surface area contributed by atoms with Crippen LogP contribution < -0.4 is 0 Å². The standard InChI is InChI=1S/C7H8.C6H6O.CHI3.CH2I2.CH4.2B/c1-7-5-3-2-4-6-7;7-6-4-2-1-3-5-6;2-1(3)4;2-1-3;;;/h2-6H,1H3;1-5,7H;1H;1H2;1H4;;. The summed E-state index contributed by atoms with van der Waals surface area (Å²) in [6.07, 6.45) is 0. The lowest BCUT2D eigenvalue weighted by Gasteiger charge is -1.82. The zero-order valence-electron chi connectivity index (χ0n) is 12.5. The number of benzene rings is 2. The van der Waals surface area contributed by atoms with Gasteiger partial charge in [-0.2, -0.15) is 0 Å². The summed E-state index contributed by atoms with van der Waals surface area (Å²) in [6.45, 7) is 2.08. The first-order valence-electron chi connectivity index (χ1n) is 5.73. The normalized spacial score (nSPS) is 7.29. The third-order valence-electron chi connectivity index (χ3n) is 1.70. The van der Waals surface area contributed by atoms with Crippen LogP contribution in [-0.4, -0.2) is 24.3 Å².